The third kappa shape index (κ3) is 5.95. The Balaban J connectivity index is 2.18. The number of amides is 3. The Morgan fingerprint density at radius 1 is 0.926 bits per heavy atom. The molecule has 6 nitrogen and oxygen atoms in total. The molecule has 0 bridgehead atoms. The lowest BCUT2D eigenvalue weighted by Crippen LogP contribution is -2.45. The van der Waals surface area contributed by atoms with E-state index in [-0.39, 0.29) is 18.3 Å². The van der Waals surface area contributed by atoms with Crippen molar-refractivity contribution in [2.24, 2.45) is 11.7 Å². The van der Waals surface area contributed by atoms with Gasteiger partial charge in [0.05, 0.1) is 6.42 Å². The van der Waals surface area contributed by atoms with Gasteiger partial charge in [-0.25, -0.2) is 4.79 Å². The Hall–Kier alpha value is -3.15. The quantitative estimate of drug-likeness (QED) is 0.734. The van der Waals surface area contributed by atoms with E-state index in [0.717, 1.165) is 11.1 Å². The number of hydrogen-bond acceptors (Lipinski definition) is 4. The maximum atomic E-state index is 12.6. The number of primary amides is 1. The minimum Gasteiger partial charge on any atom is -0.452 e. The van der Waals surface area contributed by atoms with Crippen LogP contribution < -0.4 is 11.1 Å². The van der Waals surface area contributed by atoms with E-state index in [0.29, 0.717) is 0 Å². The second-order valence-electron chi connectivity index (χ2n) is 6.59. The fraction of sp³-hybridized carbons (Fsp3) is 0.286. The van der Waals surface area contributed by atoms with Crippen LogP contribution in [-0.2, 0) is 14.3 Å². The monoisotopic (exact) mass is 368 g/mol. The summed E-state index contributed by atoms with van der Waals surface area (Å²) >= 11 is 0. The second-order valence-corrected chi connectivity index (χ2v) is 6.59. The molecule has 2 rings (SSSR count). The van der Waals surface area contributed by atoms with Gasteiger partial charge in [0.1, 0.15) is 0 Å². The summed E-state index contributed by atoms with van der Waals surface area (Å²) in [6.07, 6.45) is -1.02. The first kappa shape index (κ1) is 20.2. The van der Waals surface area contributed by atoms with Gasteiger partial charge in [0.2, 0.25) is 0 Å². The van der Waals surface area contributed by atoms with Crippen molar-refractivity contribution < 1.29 is 19.1 Å². The molecule has 2 aromatic rings. The van der Waals surface area contributed by atoms with Gasteiger partial charge in [-0.15, -0.1) is 0 Å². The zero-order valence-electron chi connectivity index (χ0n) is 15.4. The first-order valence-corrected chi connectivity index (χ1v) is 8.78. The molecule has 3 amide bonds. The number of carbonyl (C=O) groups is 3. The molecule has 3 N–H and O–H groups in total. The number of hydrogen-bond donors (Lipinski definition) is 2. The number of urea groups is 1. The number of imide groups is 1. The second kappa shape index (κ2) is 9.52. The van der Waals surface area contributed by atoms with E-state index in [4.69, 9.17) is 10.5 Å². The molecule has 0 spiro atoms. The van der Waals surface area contributed by atoms with Crippen LogP contribution in [0.2, 0.25) is 0 Å². The predicted octanol–water partition coefficient (Wildman–Crippen LogP) is 2.97. The van der Waals surface area contributed by atoms with Crippen molar-refractivity contribution in [1.29, 1.82) is 0 Å². The number of ether oxygens (including phenoxy) is 1. The van der Waals surface area contributed by atoms with Gasteiger partial charge < -0.3 is 10.5 Å². The molecule has 0 aliphatic carbocycles. The highest BCUT2D eigenvalue weighted by atomic mass is 16.5. The third-order valence-corrected chi connectivity index (χ3v) is 4.14. The van der Waals surface area contributed by atoms with Gasteiger partial charge in [0.15, 0.2) is 6.10 Å². The molecule has 0 heterocycles. The normalized spacial score (nSPS) is 11.9. The predicted molar refractivity (Wildman–Crippen MR) is 102 cm³/mol. The highest BCUT2D eigenvalue weighted by molar-refractivity contribution is 5.96. The Labute approximate surface area is 158 Å². The average Bonchev–Trinajstić information content (AvgIpc) is 2.64. The number of benzene rings is 2. The van der Waals surface area contributed by atoms with Gasteiger partial charge in [-0.1, -0.05) is 74.5 Å². The number of carbonyl (C=O) groups excluding carboxylic acids is 3. The molecular formula is C21H24N2O4. The zero-order valence-corrected chi connectivity index (χ0v) is 15.4. The molecule has 0 fully saturated rings. The largest absolute Gasteiger partial charge is 0.452 e. The SMILES string of the molecule is CC(C)[C@@H](OC(=O)CC(c1ccccc1)c1ccccc1)C(=O)NC(N)=O. The molecule has 27 heavy (non-hydrogen) atoms. The summed E-state index contributed by atoms with van der Waals surface area (Å²) in [6.45, 7) is 3.45. The maximum absolute atomic E-state index is 12.6. The fourth-order valence-corrected chi connectivity index (χ4v) is 2.84. The van der Waals surface area contributed by atoms with Gasteiger partial charge in [-0.3, -0.25) is 14.9 Å². The summed E-state index contributed by atoms with van der Waals surface area (Å²) in [5.74, 6) is -1.75. The first-order valence-electron chi connectivity index (χ1n) is 8.78. The molecule has 0 radical (unpaired) electrons. The van der Waals surface area contributed by atoms with E-state index >= 15 is 0 Å². The summed E-state index contributed by atoms with van der Waals surface area (Å²) in [4.78, 5) is 35.6. The van der Waals surface area contributed by atoms with E-state index in [1.165, 1.54) is 0 Å². The summed E-state index contributed by atoms with van der Waals surface area (Å²) in [5, 5.41) is 1.97. The Bertz CT molecular complexity index is 736. The van der Waals surface area contributed by atoms with Crippen molar-refractivity contribution in [3.63, 3.8) is 0 Å². The van der Waals surface area contributed by atoms with Crippen molar-refractivity contribution in [3.8, 4) is 0 Å². The van der Waals surface area contributed by atoms with Crippen molar-refractivity contribution in [3.05, 3.63) is 71.8 Å². The molecule has 142 valence electrons. The van der Waals surface area contributed by atoms with E-state index < -0.39 is 24.0 Å². The molecule has 0 aliphatic rings. The molecule has 1 atom stereocenters. The van der Waals surface area contributed by atoms with E-state index in [2.05, 4.69) is 0 Å². The molecule has 2 aromatic carbocycles. The van der Waals surface area contributed by atoms with Crippen LogP contribution in [0.4, 0.5) is 4.79 Å². The molecule has 0 unspecified atom stereocenters. The molecule has 0 aliphatic heterocycles. The summed E-state index contributed by atoms with van der Waals surface area (Å²) in [7, 11) is 0. The van der Waals surface area contributed by atoms with Crippen LogP contribution in [-0.4, -0.2) is 24.0 Å². The van der Waals surface area contributed by atoms with Crippen molar-refractivity contribution in [2.75, 3.05) is 0 Å². The van der Waals surface area contributed by atoms with Crippen LogP contribution in [0.3, 0.4) is 0 Å². The van der Waals surface area contributed by atoms with E-state index in [1.807, 2.05) is 66.0 Å². The van der Waals surface area contributed by atoms with Crippen molar-refractivity contribution >= 4 is 17.9 Å². The van der Waals surface area contributed by atoms with E-state index in [9.17, 15) is 14.4 Å². The zero-order chi connectivity index (χ0) is 19.8. The van der Waals surface area contributed by atoms with Crippen molar-refractivity contribution in [2.45, 2.75) is 32.3 Å². The summed E-state index contributed by atoms with van der Waals surface area (Å²) < 4.78 is 5.39. The van der Waals surface area contributed by atoms with Crippen LogP contribution >= 0.6 is 0 Å². The van der Waals surface area contributed by atoms with Crippen LogP contribution in [0, 0.1) is 5.92 Å². The van der Waals surface area contributed by atoms with E-state index in [1.54, 1.807) is 13.8 Å². The Kier molecular flexibility index (Phi) is 7.11. The smallest absolute Gasteiger partial charge is 0.318 e. The minimum atomic E-state index is -1.09. The lowest BCUT2D eigenvalue weighted by atomic mass is 9.88. The Morgan fingerprint density at radius 2 is 1.41 bits per heavy atom. The van der Waals surface area contributed by atoms with Gasteiger partial charge in [0, 0.05) is 5.92 Å². The van der Waals surface area contributed by atoms with Crippen LogP contribution in [0.25, 0.3) is 0 Å². The highest BCUT2D eigenvalue weighted by Gasteiger charge is 2.29. The molecular weight excluding hydrogens is 344 g/mol. The molecule has 6 heteroatoms. The van der Waals surface area contributed by atoms with Crippen LogP contribution in [0.1, 0.15) is 37.3 Å². The standard InChI is InChI=1S/C21H24N2O4/c1-14(2)19(20(25)23-21(22)26)27-18(24)13-17(15-9-5-3-6-10-15)16-11-7-4-8-12-16/h3-12,14,17,19H,13H2,1-2H3,(H3,22,23,25,26)/t19-/m1/s1. The minimum absolute atomic E-state index is 0.0705. The highest BCUT2D eigenvalue weighted by Crippen LogP contribution is 2.28. The van der Waals surface area contributed by atoms with Gasteiger partial charge in [-0.05, 0) is 17.0 Å². The molecule has 0 aromatic heterocycles. The average molecular weight is 368 g/mol. The van der Waals surface area contributed by atoms with Crippen LogP contribution in [0.15, 0.2) is 60.7 Å². The Morgan fingerprint density at radius 3 is 1.81 bits per heavy atom. The third-order valence-electron chi connectivity index (χ3n) is 4.14. The topological polar surface area (TPSA) is 98.5 Å². The van der Waals surface area contributed by atoms with Crippen molar-refractivity contribution in [1.82, 2.24) is 5.32 Å². The van der Waals surface area contributed by atoms with Gasteiger partial charge in [0.25, 0.3) is 5.91 Å². The first-order chi connectivity index (χ1) is 12.9. The number of rotatable bonds is 7. The van der Waals surface area contributed by atoms with Gasteiger partial charge in [-0.2, -0.15) is 0 Å². The number of nitrogens with two attached hydrogens (primary N) is 1. The molecule has 0 saturated carbocycles. The number of esters is 1. The summed E-state index contributed by atoms with van der Waals surface area (Å²) in [5.41, 5.74) is 6.93. The molecule has 0 saturated heterocycles. The maximum Gasteiger partial charge on any atom is 0.318 e. The fourth-order valence-electron chi connectivity index (χ4n) is 2.84. The lowest BCUT2D eigenvalue weighted by molar-refractivity contribution is -0.158. The van der Waals surface area contributed by atoms with Gasteiger partial charge >= 0.3 is 12.0 Å². The summed E-state index contributed by atoms with van der Waals surface area (Å²) in [6, 6.07) is 18.3. The van der Waals surface area contributed by atoms with Crippen LogP contribution in [0.5, 0.6) is 0 Å². The number of nitrogens with one attached hydrogen (secondary N) is 1. The lowest BCUT2D eigenvalue weighted by Gasteiger charge is -2.22.